The summed E-state index contributed by atoms with van der Waals surface area (Å²) in [5.41, 5.74) is 7.98. The highest BCUT2D eigenvalue weighted by molar-refractivity contribution is 7.88. The van der Waals surface area contributed by atoms with E-state index in [0.717, 1.165) is 17.4 Å². The average molecular weight is 290 g/mol. The lowest BCUT2D eigenvalue weighted by atomic mass is 9.95. The second-order valence-corrected chi connectivity index (χ2v) is 6.49. The van der Waals surface area contributed by atoms with Crippen molar-refractivity contribution in [2.45, 2.75) is 12.1 Å². The molecule has 0 amide bonds. The number of sulfonamides is 1. The second kappa shape index (κ2) is 6.17. The van der Waals surface area contributed by atoms with E-state index in [1.165, 1.54) is 0 Å². The van der Waals surface area contributed by atoms with Gasteiger partial charge in [0, 0.05) is 0 Å². The number of rotatable bonds is 5. The molecular formula is C15H18N2O2S. The molecule has 0 fully saturated rings. The smallest absolute Gasteiger partial charge is 0.209 e. The van der Waals surface area contributed by atoms with Crippen LogP contribution in [0.3, 0.4) is 0 Å². The zero-order chi connectivity index (χ0) is 14.6. The van der Waals surface area contributed by atoms with Gasteiger partial charge in [-0.3, -0.25) is 0 Å². The summed E-state index contributed by atoms with van der Waals surface area (Å²) in [6.07, 6.45) is 1.14. The molecule has 0 aliphatic carbocycles. The molecule has 2 rings (SSSR count). The number of hydrogen-bond donors (Lipinski definition) is 2. The quantitative estimate of drug-likeness (QED) is 0.884. The summed E-state index contributed by atoms with van der Waals surface area (Å²) in [6.45, 7) is 0. The first kappa shape index (κ1) is 14.7. The van der Waals surface area contributed by atoms with Crippen LogP contribution in [0.1, 0.15) is 23.2 Å². The van der Waals surface area contributed by atoms with Crippen molar-refractivity contribution < 1.29 is 8.42 Å². The van der Waals surface area contributed by atoms with E-state index < -0.39 is 22.1 Å². The summed E-state index contributed by atoms with van der Waals surface area (Å²) in [6, 6.07) is 17.9. The molecule has 0 aromatic heterocycles. The van der Waals surface area contributed by atoms with Crippen LogP contribution in [0, 0.1) is 0 Å². The maximum atomic E-state index is 11.6. The highest BCUT2D eigenvalue weighted by Crippen LogP contribution is 2.27. The van der Waals surface area contributed by atoms with Crippen LogP contribution in [-0.2, 0) is 10.0 Å². The van der Waals surface area contributed by atoms with Gasteiger partial charge in [-0.15, -0.1) is 0 Å². The molecule has 1 unspecified atom stereocenters. The van der Waals surface area contributed by atoms with Crippen LogP contribution in [0.5, 0.6) is 0 Å². The van der Waals surface area contributed by atoms with Gasteiger partial charge in [0.25, 0.3) is 0 Å². The lowest BCUT2D eigenvalue weighted by Gasteiger charge is -2.25. The van der Waals surface area contributed by atoms with Gasteiger partial charge in [-0.1, -0.05) is 60.7 Å². The Morgan fingerprint density at radius 3 is 1.80 bits per heavy atom. The van der Waals surface area contributed by atoms with Crippen molar-refractivity contribution in [3.8, 4) is 0 Å². The molecule has 2 atom stereocenters. The molecule has 106 valence electrons. The minimum absolute atomic E-state index is 0.451. The summed E-state index contributed by atoms with van der Waals surface area (Å²) in [5, 5.41) is 0. The van der Waals surface area contributed by atoms with E-state index in [-0.39, 0.29) is 0 Å². The monoisotopic (exact) mass is 290 g/mol. The molecule has 0 aliphatic heterocycles. The minimum Gasteiger partial charge on any atom is -0.322 e. The topological polar surface area (TPSA) is 72.2 Å². The van der Waals surface area contributed by atoms with E-state index in [9.17, 15) is 8.42 Å². The van der Waals surface area contributed by atoms with Crippen LogP contribution in [0.2, 0.25) is 0 Å². The average Bonchev–Trinajstić information content (AvgIpc) is 2.45. The fourth-order valence-corrected chi connectivity index (χ4v) is 2.85. The van der Waals surface area contributed by atoms with Crippen molar-refractivity contribution in [3.63, 3.8) is 0 Å². The van der Waals surface area contributed by atoms with Crippen molar-refractivity contribution in [3.05, 3.63) is 71.8 Å². The lowest BCUT2D eigenvalue weighted by Crippen LogP contribution is -2.35. The van der Waals surface area contributed by atoms with Crippen molar-refractivity contribution in [1.82, 2.24) is 4.72 Å². The Morgan fingerprint density at radius 1 is 0.900 bits per heavy atom. The molecule has 3 N–H and O–H groups in total. The maximum Gasteiger partial charge on any atom is 0.209 e. The Labute approximate surface area is 119 Å². The maximum absolute atomic E-state index is 11.6. The zero-order valence-electron chi connectivity index (χ0n) is 11.2. The van der Waals surface area contributed by atoms with E-state index in [1.54, 1.807) is 0 Å². The Bertz CT molecular complexity index is 642. The third-order valence-electron chi connectivity index (χ3n) is 3.04. The molecule has 5 heteroatoms. The van der Waals surface area contributed by atoms with E-state index in [1.807, 2.05) is 60.7 Å². The van der Waals surface area contributed by atoms with Gasteiger partial charge in [0.2, 0.25) is 10.0 Å². The molecule has 0 bridgehead atoms. The highest BCUT2D eigenvalue weighted by atomic mass is 32.2. The Kier molecular flexibility index (Phi) is 4.54. The fourth-order valence-electron chi connectivity index (χ4n) is 2.11. The number of nitrogens with one attached hydrogen (secondary N) is 1. The van der Waals surface area contributed by atoms with Crippen LogP contribution in [-0.4, -0.2) is 14.7 Å². The molecular weight excluding hydrogens is 272 g/mol. The summed E-state index contributed by atoms with van der Waals surface area (Å²) in [4.78, 5) is 0. The molecule has 2 aromatic carbocycles. The third-order valence-corrected chi connectivity index (χ3v) is 3.73. The minimum atomic E-state index is -3.35. The first-order valence-electron chi connectivity index (χ1n) is 6.30. The first-order valence-corrected chi connectivity index (χ1v) is 8.19. The van der Waals surface area contributed by atoms with Crippen molar-refractivity contribution >= 4 is 10.0 Å². The van der Waals surface area contributed by atoms with Gasteiger partial charge in [-0.05, 0) is 11.1 Å². The number of nitrogens with two attached hydrogens (primary N) is 1. The van der Waals surface area contributed by atoms with Gasteiger partial charge >= 0.3 is 0 Å². The van der Waals surface area contributed by atoms with Crippen LogP contribution < -0.4 is 10.5 Å². The van der Waals surface area contributed by atoms with E-state index >= 15 is 0 Å². The first-order chi connectivity index (χ1) is 9.47. The molecule has 4 nitrogen and oxygen atoms in total. The summed E-state index contributed by atoms with van der Waals surface area (Å²) < 4.78 is 25.8. The second-order valence-electron chi connectivity index (χ2n) is 4.71. The Morgan fingerprint density at radius 2 is 1.35 bits per heavy atom. The number of benzene rings is 2. The predicted molar refractivity (Wildman–Crippen MR) is 80.5 cm³/mol. The van der Waals surface area contributed by atoms with Crippen molar-refractivity contribution in [1.29, 1.82) is 0 Å². The molecule has 20 heavy (non-hydrogen) atoms. The van der Waals surface area contributed by atoms with E-state index in [4.69, 9.17) is 5.73 Å². The van der Waals surface area contributed by atoms with Gasteiger partial charge in [0.1, 0.15) is 0 Å². The Balaban J connectivity index is 2.37. The predicted octanol–water partition coefficient (Wildman–Crippen LogP) is 1.98. The van der Waals surface area contributed by atoms with Crippen LogP contribution in [0.4, 0.5) is 0 Å². The van der Waals surface area contributed by atoms with Crippen LogP contribution in [0.25, 0.3) is 0 Å². The lowest BCUT2D eigenvalue weighted by molar-refractivity contribution is 0.507. The van der Waals surface area contributed by atoms with Crippen molar-refractivity contribution in [2.24, 2.45) is 5.73 Å². The van der Waals surface area contributed by atoms with Gasteiger partial charge in [-0.2, -0.15) is 0 Å². The molecule has 0 radical (unpaired) electrons. The fraction of sp³-hybridized carbons (Fsp3) is 0.200. The molecule has 0 aliphatic rings. The SMILES string of the molecule is CS(=O)(=O)N[C@H](c1ccccc1)C(N)c1ccccc1. The molecule has 0 spiro atoms. The van der Waals surface area contributed by atoms with Crippen molar-refractivity contribution in [2.75, 3.05) is 6.26 Å². The van der Waals surface area contributed by atoms with Gasteiger partial charge in [0.15, 0.2) is 0 Å². The van der Waals surface area contributed by atoms with E-state index in [2.05, 4.69) is 4.72 Å². The van der Waals surface area contributed by atoms with E-state index in [0.29, 0.717) is 0 Å². The highest BCUT2D eigenvalue weighted by Gasteiger charge is 2.24. The summed E-state index contributed by atoms with van der Waals surface area (Å²) in [5.74, 6) is 0. The van der Waals surface area contributed by atoms with Gasteiger partial charge in [-0.25, -0.2) is 13.1 Å². The standard InChI is InChI=1S/C15H18N2O2S/c1-20(18,19)17-15(13-10-6-3-7-11-13)14(16)12-8-4-2-5-9-12/h2-11,14-15,17H,16H2,1H3/t14?,15-/m1/s1. The molecule has 2 aromatic rings. The number of hydrogen-bond acceptors (Lipinski definition) is 3. The van der Waals surface area contributed by atoms with Crippen LogP contribution in [0.15, 0.2) is 60.7 Å². The molecule has 0 saturated heterocycles. The zero-order valence-corrected chi connectivity index (χ0v) is 12.0. The van der Waals surface area contributed by atoms with Gasteiger partial charge in [0.05, 0.1) is 18.3 Å². The normalized spacial score (nSPS) is 14.7. The van der Waals surface area contributed by atoms with Gasteiger partial charge < -0.3 is 5.73 Å². The third kappa shape index (κ3) is 3.90. The largest absolute Gasteiger partial charge is 0.322 e. The summed E-state index contributed by atoms with van der Waals surface area (Å²) >= 11 is 0. The molecule has 0 saturated carbocycles. The summed E-state index contributed by atoms with van der Waals surface area (Å²) in [7, 11) is -3.35. The molecule has 0 heterocycles. The Hall–Kier alpha value is -1.69. The van der Waals surface area contributed by atoms with Crippen LogP contribution >= 0.6 is 0 Å².